The Bertz CT molecular complexity index is 1500. The molecule has 0 amide bonds. The van der Waals surface area contributed by atoms with Crippen LogP contribution >= 0.6 is 0 Å². The van der Waals surface area contributed by atoms with E-state index in [9.17, 15) is 12.8 Å². The summed E-state index contributed by atoms with van der Waals surface area (Å²) in [6.07, 6.45) is 6.63. The molecule has 0 bridgehead atoms. The van der Waals surface area contributed by atoms with Gasteiger partial charge in [-0.3, -0.25) is 9.50 Å². The minimum absolute atomic E-state index is 0.265. The van der Waals surface area contributed by atoms with Crippen LogP contribution in [0.15, 0.2) is 84.1 Å². The maximum atomic E-state index is 13.3. The molecule has 0 atom stereocenters. The third kappa shape index (κ3) is 3.51. The zero-order chi connectivity index (χ0) is 21.6. The Morgan fingerprint density at radius 3 is 2.26 bits per heavy atom. The Morgan fingerprint density at radius 1 is 0.871 bits per heavy atom. The number of aromatic nitrogens is 4. The van der Waals surface area contributed by atoms with Gasteiger partial charge in [0.2, 0.25) is 0 Å². The van der Waals surface area contributed by atoms with Crippen molar-refractivity contribution in [2.75, 3.05) is 6.26 Å². The molecular weight excluding hydrogens is 415 g/mol. The normalized spacial score (nSPS) is 11.8. The topological polar surface area (TPSA) is 80.1 Å². The fraction of sp³-hybridized carbons (Fsp3) is 0.0435. The van der Waals surface area contributed by atoms with Crippen molar-refractivity contribution in [2.24, 2.45) is 0 Å². The van der Waals surface area contributed by atoms with Crippen LogP contribution in [0.1, 0.15) is 0 Å². The summed E-state index contributed by atoms with van der Waals surface area (Å²) in [6.45, 7) is 0. The molecule has 8 heteroatoms. The summed E-state index contributed by atoms with van der Waals surface area (Å²) < 4.78 is 38.7. The number of aromatic amines is 1. The number of imidazole rings is 1. The summed E-state index contributed by atoms with van der Waals surface area (Å²) in [6, 6.07) is 16.8. The first-order valence-electron chi connectivity index (χ1n) is 9.47. The molecule has 5 rings (SSSR count). The van der Waals surface area contributed by atoms with Crippen LogP contribution in [0.4, 0.5) is 4.39 Å². The van der Waals surface area contributed by atoms with Crippen molar-refractivity contribution < 1.29 is 12.8 Å². The van der Waals surface area contributed by atoms with Crippen molar-refractivity contribution >= 4 is 15.5 Å². The lowest BCUT2D eigenvalue weighted by Crippen LogP contribution is -1.96. The van der Waals surface area contributed by atoms with E-state index in [-0.39, 0.29) is 10.7 Å². The molecule has 3 heterocycles. The van der Waals surface area contributed by atoms with Crippen LogP contribution in [0.3, 0.4) is 0 Å². The molecule has 31 heavy (non-hydrogen) atoms. The Labute approximate surface area is 177 Å². The van der Waals surface area contributed by atoms with Crippen molar-refractivity contribution in [1.82, 2.24) is 19.6 Å². The van der Waals surface area contributed by atoms with E-state index in [1.807, 2.05) is 22.7 Å². The average Bonchev–Trinajstić information content (AvgIpc) is 3.41. The molecule has 6 nitrogen and oxygen atoms in total. The molecule has 0 saturated carbocycles. The SMILES string of the molecule is CS(=O)(=O)c1ccc(-c2[nH]ncc2-c2ccc3ncc(-c4ccc(F)cc4)n3c2)cc1. The quantitative estimate of drug-likeness (QED) is 0.450. The Hall–Kier alpha value is -3.78. The summed E-state index contributed by atoms with van der Waals surface area (Å²) in [5.41, 5.74) is 5.85. The zero-order valence-corrected chi connectivity index (χ0v) is 17.3. The first-order chi connectivity index (χ1) is 14.9. The highest BCUT2D eigenvalue weighted by molar-refractivity contribution is 7.90. The summed E-state index contributed by atoms with van der Waals surface area (Å²) in [7, 11) is -3.26. The fourth-order valence-electron chi connectivity index (χ4n) is 3.57. The van der Waals surface area contributed by atoms with Gasteiger partial charge in [-0.2, -0.15) is 5.10 Å². The second-order valence-corrected chi connectivity index (χ2v) is 9.27. The average molecular weight is 432 g/mol. The molecule has 5 aromatic rings. The lowest BCUT2D eigenvalue weighted by molar-refractivity contribution is 0.602. The van der Waals surface area contributed by atoms with Gasteiger partial charge in [-0.1, -0.05) is 12.1 Å². The number of fused-ring (bicyclic) bond motifs is 1. The molecule has 0 spiro atoms. The predicted octanol–water partition coefficient (Wildman–Crippen LogP) is 4.60. The highest BCUT2D eigenvalue weighted by atomic mass is 32.2. The molecule has 2 aromatic carbocycles. The van der Waals surface area contributed by atoms with E-state index in [4.69, 9.17) is 0 Å². The van der Waals surface area contributed by atoms with Gasteiger partial charge >= 0.3 is 0 Å². The minimum Gasteiger partial charge on any atom is -0.299 e. The molecule has 0 unspecified atom stereocenters. The molecule has 1 N–H and O–H groups in total. The van der Waals surface area contributed by atoms with Crippen LogP contribution in [-0.4, -0.2) is 34.3 Å². The van der Waals surface area contributed by atoms with E-state index in [1.165, 1.54) is 18.4 Å². The van der Waals surface area contributed by atoms with E-state index >= 15 is 0 Å². The number of H-pyrrole nitrogens is 1. The van der Waals surface area contributed by atoms with Gasteiger partial charge in [0.15, 0.2) is 9.84 Å². The standard InChI is InChI=1S/C23H17FN4O2S/c1-31(29,30)19-9-4-16(5-10-19)23-20(12-26-27-23)17-6-11-22-25-13-21(28(22)14-17)15-2-7-18(24)8-3-15/h2-14H,1H3,(H,26,27). The molecule has 0 aliphatic carbocycles. The minimum atomic E-state index is -3.26. The Balaban J connectivity index is 1.59. The number of pyridine rings is 1. The predicted molar refractivity (Wildman–Crippen MR) is 117 cm³/mol. The maximum Gasteiger partial charge on any atom is 0.175 e. The van der Waals surface area contributed by atoms with E-state index in [0.717, 1.165) is 39.3 Å². The Morgan fingerprint density at radius 2 is 1.55 bits per heavy atom. The number of hydrogen-bond donors (Lipinski definition) is 1. The molecule has 0 aliphatic rings. The molecule has 0 saturated heterocycles. The summed E-state index contributed by atoms with van der Waals surface area (Å²) in [5.74, 6) is -0.289. The van der Waals surface area contributed by atoms with Gasteiger partial charge in [0.05, 0.1) is 28.7 Å². The lowest BCUT2D eigenvalue weighted by atomic mass is 10.0. The van der Waals surface area contributed by atoms with Gasteiger partial charge in [-0.15, -0.1) is 0 Å². The van der Waals surface area contributed by atoms with Gasteiger partial charge in [0, 0.05) is 34.7 Å². The highest BCUT2D eigenvalue weighted by Gasteiger charge is 2.14. The highest BCUT2D eigenvalue weighted by Crippen LogP contribution is 2.32. The Kier molecular flexibility index (Phi) is 4.44. The van der Waals surface area contributed by atoms with E-state index in [2.05, 4.69) is 15.2 Å². The van der Waals surface area contributed by atoms with Gasteiger partial charge in [0.25, 0.3) is 0 Å². The third-order valence-corrected chi connectivity index (χ3v) is 6.30. The van der Waals surface area contributed by atoms with Crippen molar-refractivity contribution in [1.29, 1.82) is 0 Å². The van der Waals surface area contributed by atoms with E-state index < -0.39 is 9.84 Å². The van der Waals surface area contributed by atoms with Crippen molar-refractivity contribution in [2.45, 2.75) is 4.90 Å². The third-order valence-electron chi connectivity index (χ3n) is 5.17. The van der Waals surface area contributed by atoms with Crippen LogP contribution in [0, 0.1) is 5.82 Å². The number of benzene rings is 2. The van der Waals surface area contributed by atoms with Gasteiger partial charge in [0.1, 0.15) is 11.5 Å². The monoisotopic (exact) mass is 432 g/mol. The van der Waals surface area contributed by atoms with Gasteiger partial charge in [-0.05, 0) is 48.5 Å². The second-order valence-electron chi connectivity index (χ2n) is 7.25. The summed E-state index contributed by atoms with van der Waals surface area (Å²) in [4.78, 5) is 4.71. The lowest BCUT2D eigenvalue weighted by Gasteiger charge is -2.07. The number of halogens is 1. The fourth-order valence-corrected chi connectivity index (χ4v) is 4.20. The maximum absolute atomic E-state index is 13.3. The smallest absolute Gasteiger partial charge is 0.175 e. The van der Waals surface area contributed by atoms with Crippen LogP contribution in [0.2, 0.25) is 0 Å². The van der Waals surface area contributed by atoms with Gasteiger partial charge < -0.3 is 0 Å². The van der Waals surface area contributed by atoms with Crippen molar-refractivity contribution in [3.05, 3.63) is 85.1 Å². The van der Waals surface area contributed by atoms with Crippen molar-refractivity contribution in [3.8, 4) is 33.6 Å². The molecule has 154 valence electrons. The molecule has 3 aromatic heterocycles. The second kappa shape index (κ2) is 7.17. The van der Waals surface area contributed by atoms with Crippen LogP contribution in [0.5, 0.6) is 0 Å². The number of rotatable bonds is 4. The molecule has 0 fully saturated rings. The molecule has 0 aliphatic heterocycles. The van der Waals surface area contributed by atoms with Crippen LogP contribution in [-0.2, 0) is 9.84 Å². The summed E-state index contributed by atoms with van der Waals surface area (Å²) in [5, 5.41) is 7.20. The van der Waals surface area contributed by atoms with Gasteiger partial charge in [-0.25, -0.2) is 17.8 Å². The number of nitrogens with zero attached hydrogens (tertiary/aromatic N) is 3. The van der Waals surface area contributed by atoms with Crippen LogP contribution in [0.25, 0.3) is 39.3 Å². The van der Waals surface area contributed by atoms with E-state index in [1.54, 1.807) is 48.8 Å². The largest absolute Gasteiger partial charge is 0.299 e. The summed E-state index contributed by atoms with van der Waals surface area (Å²) >= 11 is 0. The number of sulfone groups is 1. The zero-order valence-electron chi connectivity index (χ0n) is 16.4. The van der Waals surface area contributed by atoms with Crippen LogP contribution < -0.4 is 0 Å². The molecular formula is C23H17FN4O2S. The first-order valence-corrected chi connectivity index (χ1v) is 11.4. The number of hydrogen-bond acceptors (Lipinski definition) is 4. The first kappa shape index (κ1) is 19.2. The number of nitrogens with one attached hydrogen (secondary N) is 1. The van der Waals surface area contributed by atoms with E-state index in [0.29, 0.717) is 0 Å². The molecule has 0 radical (unpaired) electrons. The van der Waals surface area contributed by atoms with Crippen molar-refractivity contribution in [3.63, 3.8) is 0 Å².